The van der Waals surface area contributed by atoms with Crippen molar-refractivity contribution in [2.24, 2.45) is 5.92 Å². The molecule has 0 bridgehead atoms. The highest BCUT2D eigenvalue weighted by atomic mass is 16.3. The summed E-state index contributed by atoms with van der Waals surface area (Å²) in [5, 5.41) is 13.4. The van der Waals surface area contributed by atoms with Gasteiger partial charge < -0.3 is 10.4 Å². The van der Waals surface area contributed by atoms with Crippen LogP contribution in [0.15, 0.2) is 30.3 Å². The predicted molar refractivity (Wildman–Crippen MR) is 75.6 cm³/mol. The average Bonchev–Trinajstić information content (AvgIpc) is 2.26. The van der Waals surface area contributed by atoms with Crippen molar-refractivity contribution in [2.45, 2.75) is 51.2 Å². The number of nitrogens with one attached hydrogen (secondary N) is 1. The fraction of sp³-hybridized carbons (Fsp3) is 0.562. The molecule has 2 unspecified atom stereocenters. The van der Waals surface area contributed by atoms with E-state index in [1.807, 2.05) is 30.3 Å². The second-order valence-corrected chi connectivity index (χ2v) is 5.86. The molecule has 0 saturated heterocycles. The zero-order valence-corrected chi connectivity index (χ0v) is 11.7. The molecule has 19 heavy (non-hydrogen) atoms. The van der Waals surface area contributed by atoms with E-state index in [1.54, 1.807) is 6.92 Å². The van der Waals surface area contributed by atoms with Gasteiger partial charge in [-0.15, -0.1) is 0 Å². The van der Waals surface area contributed by atoms with E-state index in [0.29, 0.717) is 5.92 Å². The number of hydrogen-bond donors (Lipinski definition) is 2. The van der Waals surface area contributed by atoms with Crippen LogP contribution in [0.1, 0.15) is 45.1 Å². The van der Waals surface area contributed by atoms with E-state index in [0.717, 1.165) is 5.56 Å². The maximum absolute atomic E-state index is 12.0. The molecule has 3 heteroatoms. The summed E-state index contributed by atoms with van der Waals surface area (Å²) >= 11 is 0. The molecule has 2 rings (SSSR count). The molecular formula is C16H23NO2. The summed E-state index contributed by atoms with van der Waals surface area (Å²) in [6, 6.07) is 9.56. The minimum absolute atomic E-state index is 0.0757. The van der Waals surface area contributed by atoms with Crippen molar-refractivity contribution >= 4 is 5.91 Å². The van der Waals surface area contributed by atoms with Crippen molar-refractivity contribution in [3.8, 4) is 0 Å². The van der Waals surface area contributed by atoms with Crippen molar-refractivity contribution in [3.63, 3.8) is 0 Å². The molecule has 2 N–H and O–H groups in total. The summed E-state index contributed by atoms with van der Waals surface area (Å²) < 4.78 is 0. The molecule has 1 saturated carbocycles. The van der Waals surface area contributed by atoms with Gasteiger partial charge >= 0.3 is 0 Å². The van der Waals surface area contributed by atoms with E-state index in [9.17, 15) is 9.90 Å². The lowest BCUT2D eigenvalue weighted by Crippen LogP contribution is -2.43. The van der Waals surface area contributed by atoms with E-state index in [4.69, 9.17) is 0 Å². The number of rotatable bonds is 5. The Balaban J connectivity index is 1.90. The van der Waals surface area contributed by atoms with Crippen LogP contribution in [0, 0.1) is 5.92 Å². The first-order valence-electron chi connectivity index (χ1n) is 7.06. The van der Waals surface area contributed by atoms with Gasteiger partial charge in [-0.3, -0.25) is 4.79 Å². The summed E-state index contributed by atoms with van der Waals surface area (Å²) in [4.78, 5) is 12.0. The third-order valence-electron chi connectivity index (χ3n) is 4.15. The second-order valence-electron chi connectivity index (χ2n) is 5.86. The van der Waals surface area contributed by atoms with Crippen molar-refractivity contribution in [1.29, 1.82) is 0 Å². The van der Waals surface area contributed by atoms with Gasteiger partial charge in [-0.2, -0.15) is 0 Å². The van der Waals surface area contributed by atoms with Gasteiger partial charge in [-0.25, -0.2) is 0 Å². The number of aliphatic hydroxyl groups is 1. The molecule has 3 nitrogen and oxygen atoms in total. The van der Waals surface area contributed by atoms with E-state index < -0.39 is 5.60 Å². The Labute approximate surface area is 115 Å². The van der Waals surface area contributed by atoms with Crippen LogP contribution in [-0.4, -0.2) is 17.1 Å². The Morgan fingerprint density at radius 3 is 2.58 bits per heavy atom. The minimum Gasteiger partial charge on any atom is -0.385 e. The largest absolute Gasteiger partial charge is 0.385 e. The van der Waals surface area contributed by atoms with Gasteiger partial charge in [0.05, 0.1) is 12.0 Å². The van der Waals surface area contributed by atoms with Crippen LogP contribution in [0.5, 0.6) is 0 Å². The van der Waals surface area contributed by atoms with Crippen LogP contribution in [0.25, 0.3) is 0 Å². The molecule has 0 heterocycles. The van der Waals surface area contributed by atoms with Gasteiger partial charge in [0.2, 0.25) is 5.91 Å². The Morgan fingerprint density at radius 1 is 1.42 bits per heavy atom. The summed E-state index contributed by atoms with van der Waals surface area (Å²) in [7, 11) is 0. The zero-order valence-electron chi connectivity index (χ0n) is 11.7. The highest BCUT2D eigenvalue weighted by molar-refractivity contribution is 5.77. The second kappa shape index (κ2) is 5.74. The first-order valence-corrected chi connectivity index (χ1v) is 7.06. The highest BCUT2D eigenvalue weighted by Gasteiger charge is 2.29. The van der Waals surface area contributed by atoms with E-state index in [2.05, 4.69) is 12.2 Å². The fourth-order valence-corrected chi connectivity index (χ4v) is 2.57. The molecule has 2 atom stereocenters. The third-order valence-corrected chi connectivity index (χ3v) is 4.15. The first kappa shape index (κ1) is 14.1. The van der Waals surface area contributed by atoms with E-state index >= 15 is 0 Å². The van der Waals surface area contributed by atoms with Gasteiger partial charge in [0, 0.05) is 6.04 Å². The van der Waals surface area contributed by atoms with Crippen LogP contribution < -0.4 is 5.32 Å². The summed E-state index contributed by atoms with van der Waals surface area (Å²) in [5.74, 6) is 0.541. The topological polar surface area (TPSA) is 49.3 Å². The molecule has 1 aromatic carbocycles. The first-order chi connectivity index (χ1) is 8.99. The van der Waals surface area contributed by atoms with Crippen molar-refractivity contribution in [3.05, 3.63) is 35.9 Å². The molecule has 1 aromatic rings. The van der Waals surface area contributed by atoms with E-state index in [1.165, 1.54) is 19.3 Å². The average molecular weight is 261 g/mol. The molecule has 0 spiro atoms. The molecule has 0 aliphatic heterocycles. The maximum Gasteiger partial charge on any atom is 0.223 e. The Hall–Kier alpha value is -1.35. The van der Waals surface area contributed by atoms with Gasteiger partial charge in [-0.1, -0.05) is 36.8 Å². The van der Waals surface area contributed by atoms with Gasteiger partial charge in [0.25, 0.3) is 0 Å². The third kappa shape index (κ3) is 3.57. The molecule has 1 aliphatic carbocycles. The predicted octanol–water partition coefficient (Wildman–Crippen LogP) is 2.59. The van der Waals surface area contributed by atoms with Crippen LogP contribution in [0.3, 0.4) is 0 Å². The van der Waals surface area contributed by atoms with Crippen LogP contribution in [-0.2, 0) is 10.4 Å². The SMILES string of the molecule is CC(NC(=O)CC(C)(O)c1ccccc1)C1CCC1. The standard InChI is InChI=1S/C16H23NO2/c1-12(13-7-6-8-13)17-15(18)11-16(2,19)14-9-4-3-5-10-14/h3-5,9-10,12-13,19H,6-8,11H2,1-2H3,(H,17,18). The minimum atomic E-state index is -1.11. The van der Waals surface area contributed by atoms with Crippen LogP contribution >= 0.6 is 0 Å². The molecule has 1 amide bonds. The van der Waals surface area contributed by atoms with Crippen LogP contribution in [0.4, 0.5) is 0 Å². The van der Waals surface area contributed by atoms with Crippen molar-refractivity contribution < 1.29 is 9.90 Å². The molecule has 0 radical (unpaired) electrons. The number of carbonyl (C=O) groups excluding carboxylic acids is 1. The van der Waals surface area contributed by atoms with Crippen molar-refractivity contribution in [1.82, 2.24) is 5.32 Å². The Bertz CT molecular complexity index is 424. The number of amides is 1. The van der Waals surface area contributed by atoms with Crippen LogP contribution in [0.2, 0.25) is 0 Å². The monoisotopic (exact) mass is 261 g/mol. The fourth-order valence-electron chi connectivity index (χ4n) is 2.57. The Kier molecular flexibility index (Phi) is 4.25. The normalized spacial score (nSPS) is 20.2. The molecular weight excluding hydrogens is 238 g/mol. The Morgan fingerprint density at radius 2 is 2.05 bits per heavy atom. The molecule has 1 aliphatic rings. The quantitative estimate of drug-likeness (QED) is 0.856. The molecule has 1 fully saturated rings. The highest BCUT2D eigenvalue weighted by Crippen LogP contribution is 2.30. The zero-order chi connectivity index (χ0) is 13.9. The number of hydrogen-bond acceptors (Lipinski definition) is 2. The lowest BCUT2D eigenvalue weighted by atomic mass is 9.80. The molecule has 0 aromatic heterocycles. The van der Waals surface area contributed by atoms with Crippen molar-refractivity contribution in [2.75, 3.05) is 0 Å². The lowest BCUT2D eigenvalue weighted by molar-refractivity contribution is -0.127. The van der Waals surface area contributed by atoms with Gasteiger partial charge in [0.15, 0.2) is 0 Å². The number of carbonyl (C=O) groups is 1. The number of benzene rings is 1. The lowest BCUT2D eigenvalue weighted by Gasteiger charge is -2.32. The van der Waals surface area contributed by atoms with E-state index in [-0.39, 0.29) is 18.4 Å². The summed E-state index contributed by atoms with van der Waals surface area (Å²) in [5.41, 5.74) is -0.327. The van der Waals surface area contributed by atoms with Gasteiger partial charge in [-0.05, 0) is 38.2 Å². The summed E-state index contributed by atoms with van der Waals surface area (Å²) in [6.07, 6.45) is 3.79. The smallest absolute Gasteiger partial charge is 0.223 e. The van der Waals surface area contributed by atoms with Gasteiger partial charge in [0.1, 0.15) is 0 Å². The maximum atomic E-state index is 12.0. The molecule has 104 valence electrons. The summed E-state index contributed by atoms with van der Waals surface area (Å²) in [6.45, 7) is 3.74.